The lowest BCUT2D eigenvalue weighted by Crippen LogP contribution is -2.49. The lowest BCUT2D eigenvalue weighted by molar-refractivity contribution is -0.127. The van der Waals surface area contributed by atoms with Crippen molar-refractivity contribution in [2.75, 3.05) is 7.05 Å². The third kappa shape index (κ3) is 5.57. The van der Waals surface area contributed by atoms with Gasteiger partial charge in [-0.2, -0.15) is 0 Å². The minimum Gasteiger partial charge on any atom is -0.350 e. The Morgan fingerprint density at radius 1 is 1.47 bits per heavy atom. The zero-order chi connectivity index (χ0) is 14.6. The molecule has 0 saturated heterocycles. The number of hydrogen-bond acceptors (Lipinski definition) is 3. The molecule has 1 aromatic heterocycles. The summed E-state index contributed by atoms with van der Waals surface area (Å²) in [5, 5.41) is 3.45. The first-order valence-electron chi connectivity index (χ1n) is 6.32. The molecule has 106 valence electrons. The number of halogens is 1. The summed E-state index contributed by atoms with van der Waals surface area (Å²) in [5.41, 5.74) is 0.816. The van der Waals surface area contributed by atoms with Gasteiger partial charge in [-0.15, -0.1) is 0 Å². The molecular weight excluding hydrogens is 262 g/mol. The van der Waals surface area contributed by atoms with E-state index in [1.807, 2.05) is 45.7 Å². The van der Waals surface area contributed by atoms with Crippen molar-refractivity contribution >= 4 is 17.5 Å². The van der Waals surface area contributed by atoms with Crippen molar-refractivity contribution in [2.45, 2.75) is 45.8 Å². The van der Waals surface area contributed by atoms with Gasteiger partial charge in [-0.05, 0) is 46.4 Å². The number of aromatic nitrogens is 1. The molecule has 5 heteroatoms. The molecule has 1 heterocycles. The molecular formula is C14H22ClN3O. The normalized spacial score (nSPS) is 13.4. The lowest BCUT2D eigenvalue weighted by atomic mass is 10.1. The van der Waals surface area contributed by atoms with Crippen LogP contribution in [-0.4, -0.2) is 34.4 Å². The van der Waals surface area contributed by atoms with Crippen LogP contribution >= 0.6 is 11.6 Å². The van der Waals surface area contributed by atoms with Gasteiger partial charge < -0.3 is 5.32 Å². The average Bonchev–Trinajstić information content (AvgIpc) is 2.28. The Morgan fingerprint density at radius 3 is 2.58 bits per heavy atom. The van der Waals surface area contributed by atoms with Crippen molar-refractivity contribution in [3.63, 3.8) is 0 Å². The van der Waals surface area contributed by atoms with E-state index in [0.717, 1.165) is 5.56 Å². The molecule has 1 rings (SSSR count). The molecule has 0 saturated carbocycles. The van der Waals surface area contributed by atoms with E-state index < -0.39 is 0 Å². The van der Waals surface area contributed by atoms with Gasteiger partial charge in [0.05, 0.1) is 6.04 Å². The standard InChI is InChI=1S/C14H22ClN3O/c1-10(13(19)17-14(2,3)4)18(5)9-11-6-7-12(15)16-8-11/h6-8,10H,9H2,1-5H3,(H,17,19). The SMILES string of the molecule is CC(C(=O)NC(C)(C)C)N(C)Cc1ccc(Cl)nc1. The second-order valence-corrected chi connectivity index (χ2v) is 6.21. The Hall–Kier alpha value is -1.13. The first kappa shape index (κ1) is 15.9. The third-order valence-corrected chi connectivity index (χ3v) is 2.98. The monoisotopic (exact) mass is 283 g/mol. The number of pyridine rings is 1. The highest BCUT2D eigenvalue weighted by atomic mass is 35.5. The summed E-state index contributed by atoms with van der Waals surface area (Å²) >= 11 is 5.75. The van der Waals surface area contributed by atoms with Crippen molar-refractivity contribution < 1.29 is 4.79 Å². The number of carbonyl (C=O) groups is 1. The minimum absolute atomic E-state index is 0.0249. The van der Waals surface area contributed by atoms with Crippen LogP contribution in [0.3, 0.4) is 0 Å². The smallest absolute Gasteiger partial charge is 0.237 e. The summed E-state index contributed by atoms with van der Waals surface area (Å²) in [7, 11) is 1.92. The highest BCUT2D eigenvalue weighted by Gasteiger charge is 2.22. The van der Waals surface area contributed by atoms with Crippen LogP contribution < -0.4 is 5.32 Å². The number of hydrogen-bond donors (Lipinski definition) is 1. The highest BCUT2D eigenvalue weighted by Crippen LogP contribution is 2.10. The predicted molar refractivity (Wildman–Crippen MR) is 78.1 cm³/mol. The number of amides is 1. The molecule has 1 unspecified atom stereocenters. The van der Waals surface area contributed by atoms with E-state index in [2.05, 4.69) is 10.3 Å². The molecule has 1 amide bonds. The third-order valence-electron chi connectivity index (χ3n) is 2.76. The van der Waals surface area contributed by atoms with E-state index in [4.69, 9.17) is 11.6 Å². The van der Waals surface area contributed by atoms with Crippen molar-refractivity contribution in [1.29, 1.82) is 0 Å². The molecule has 0 aromatic carbocycles. The largest absolute Gasteiger partial charge is 0.350 e. The Kier molecular flexibility index (Phi) is 5.32. The van der Waals surface area contributed by atoms with Crippen LogP contribution in [0.4, 0.5) is 0 Å². The summed E-state index contributed by atoms with van der Waals surface area (Å²) in [6, 6.07) is 3.47. The second kappa shape index (κ2) is 6.35. The van der Waals surface area contributed by atoms with Crippen molar-refractivity contribution in [3.05, 3.63) is 29.0 Å². The fourth-order valence-electron chi connectivity index (χ4n) is 1.60. The second-order valence-electron chi connectivity index (χ2n) is 5.82. The minimum atomic E-state index is -0.214. The zero-order valence-electron chi connectivity index (χ0n) is 12.2. The molecule has 0 aliphatic heterocycles. The van der Waals surface area contributed by atoms with E-state index >= 15 is 0 Å². The summed E-state index contributed by atoms with van der Waals surface area (Å²) in [4.78, 5) is 18.1. The van der Waals surface area contributed by atoms with E-state index in [0.29, 0.717) is 11.7 Å². The summed E-state index contributed by atoms with van der Waals surface area (Å²) in [5.74, 6) is 0.0249. The average molecular weight is 284 g/mol. The van der Waals surface area contributed by atoms with Crippen LogP contribution in [0.25, 0.3) is 0 Å². The summed E-state index contributed by atoms with van der Waals surface area (Å²) in [6.45, 7) is 8.47. The summed E-state index contributed by atoms with van der Waals surface area (Å²) in [6.07, 6.45) is 1.73. The van der Waals surface area contributed by atoms with Gasteiger partial charge in [-0.1, -0.05) is 17.7 Å². The fraction of sp³-hybridized carbons (Fsp3) is 0.571. The van der Waals surface area contributed by atoms with Gasteiger partial charge in [-0.25, -0.2) is 4.98 Å². The molecule has 0 aliphatic rings. The fourth-order valence-corrected chi connectivity index (χ4v) is 1.71. The molecule has 0 spiro atoms. The van der Waals surface area contributed by atoms with Crippen LogP contribution in [-0.2, 0) is 11.3 Å². The Balaban J connectivity index is 2.59. The van der Waals surface area contributed by atoms with Gasteiger partial charge >= 0.3 is 0 Å². The molecule has 0 aliphatic carbocycles. The van der Waals surface area contributed by atoms with Gasteiger partial charge in [0.2, 0.25) is 5.91 Å². The van der Waals surface area contributed by atoms with Crippen LogP contribution in [0.5, 0.6) is 0 Å². The number of likely N-dealkylation sites (N-methyl/N-ethyl adjacent to an activating group) is 1. The zero-order valence-corrected chi connectivity index (χ0v) is 13.0. The molecule has 0 fully saturated rings. The van der Waals surface area contributed by atoms with Gasteiger partial charge in [0, 0.05) is 18.3 Å². The highest BCUT2D eigenvalue weighted by molar-refractivity contribution is 6.29. The van der Waals surface area contributed by atoms with E-state index in [1.54, 1.807) is 12.3 Å². The number of carbonyl (C=O) groups excluding carboxylic acids is 1. The molecule has 4 nitrogen and oxygen atoms in total. The topological polar surface area (TPSA) is 45.2 Å². The number of nitrogens with zero attached hydrogens (tertiary/aromatic N) is 2. The van der Waals surface area contributed by atoms with Gasteiger partial charge in [0.1, 0.15) is 5.15 Å². The van der Waals surface area contributed by atoms with Crippen LogP contribution in [0, 0.1) is 0 Å². The molecule has 0 radical (unpaired) electrons. The van der Waals surface area contributed by atoms with Gasteiger partial charge in [0.15, 0.2) is 0 Å². The maximum Gasteiger partial charge on any atom is 0.237 e. The van der Waals surface area contributed by atoms with Crippen LogP contribution in [0.2, 0.25) is 5.15 Å². The van der Waals surface area contributed by atoms with Crippen molar-refractivity contribution in [1.82, 2.24) is 15.2 Å². The van der Waals surface area contributed by atoms with Crippen LogP contribution in [0.15, 0.2) is 18.3 Å². The number of rotatable bonds is 4. The number of nitrogens with one attached hydrogen (secondary N) is 1. The lowest BCUT2D eigenvalue weighted by Gasteiger charge is -2.28. The van der Waals surface area contributed by atoms with Crippen molar-refractivity contribution in [3.8, 4) is 0 Å². The maximum atomic E-state index is 12.1. The maximum absolute atomic E-state index is 12.1. The van der Waals surface area contributed by atoms with E-state index in [1.165, 1.54) is 0 Å². The Bertz CT molecular complexity index is 425. The molecule has 19 heavy (non-hydrogen) atoms. The van der Waals surface area contributed by atoms with E-state index in [-0.39, 0.29) is 17.5 Å². The first-order chi connectivity index (χ1) is 8.69. The Labute approximate surface area is 120 Å². The van der Waals surface area contributed by atoms with Crippen molar-refractivity contribution in [2.24, 2.45) is 0 Å². The Morgan fingerprint density at radius 2 is 2.11 bits per heavy atom. The summed E-state index contributed by atoms with van der Waals surface area (Å²) < 4.78 is 0. The predicted octanol–water partition coefficient (Wildman–Crippen LogP) is 2.47. The molecule has 1 atom stereocenters. The van der Waals surface area contributed by atoms with Crippen LogP contribution in [0.1, 0.15) is 33.3 Å². The molecule has 1 aromatic rings. The van der Waals surface area contributed by atoms with Gasteiger partial charge in [-0.3, -0.25) is 9.69 Å². The van der Waals surface area contributed by atoms with Gasteiger partial charge in [0.25, 0.3) is 0 Å². The first-order valence-corrected chi connectivity index (χ1v) is 6.69. The molecule has 1 N–H and O–H groups in total. The van der Waals surface area contributed by atoms with E-state index in [9.17, 15) is 4.79 Å². The quantitative estimate of drug-likeness (QED) is 0.864. The molecule has 0 bridgehead atoms.